The predicted molar refractivity (Wildman–Crippen MR) is 148 cm³/mol. The quantitative estimate of drug-likeness (QED) is 0.417. The first kappa shape index (κ1) is 26.3. The number of anilines is 1. The number of sulfonamides is 1. The van der Waals surface area contributed by atoms with Crippen molar-refractivity contribution in [3.05, 3.63) is 53.1 Å². The number of aryl methyl sites for hydroxylation is 2. The van der Waals surface area contributed by atoms with Crippen LogP contribution >= 0.6 is 11.3 Å². The molecule has 3 unspecified atom stereocenters. The highest BCUT2D eigenvalue weighted by atomic mass is 32.2. The van der Waals surface area contributed by atoms with E-state index in [4.69, 9.17) is 9.72 Å². The van der Waals surface area contributed by atoms with E-state index in [2.05, 4.69) is 32.9 Å². The molecule has 3 heterocycles. The average Bonchev–Trinajstić information content (AvgIpc) is 3.55. The van der Waals surface area contributed by atoms with E-state index in [1.165, 1.54) is 11.3 Å². The van der Waals surface area contributed by atoms with Crippen LogP contribution in [0.25, 0.3) is 10.2 Å². The number of fused-ring (bicyclic) bond motifs is 1. The summed E-state index contributed by atoms with van der Waals surface area (Å²) in [4.78, 5) is 20.6. The van der Waals surface area contributed by atoms with Crippen molar-refractivity contribution in [3.8, 4) is 0 Å². The van der Waals surface area contributed by atoms with E-state index >= 15 is 0 Å². The summed E-state index contributed by atoms with van der Waals surface area (Å²) in [6, 6.07) is 10.5. The van der Waals surface area contributed by atoms with Crippen molar-refractivity contribution >= 4 is 42.6 Å². The molecule has 2 fully saturated rings. The number of amides is 1. The standard InChI is InChI=1S/C28H35N3O4S2/c1-18-14-19(2)16-30(15-18)37(33,34)24-11-9-22(10-12-24)27(32)31(17-23-6-5-13-35-23)28-29-25-20(3)7-8-21(4)26(25)36-28/h7-12,18-19,23H,5-6,13-17H2,1-4H3. The summed E-state index contributed by atoms with van der Waals surface area (Å²) in [6.07, 6.45) is 2.87. The summed E-state index contributed by atoms with van der Waals surface area (Å²) >= 11 is 1.51. The van der Waals surface area contributed by atoms with E-state index in [9.17, 15) is 13.2 Å². The Bertz CT molecular complexity index is 1350. The Morgan fingerprint density at radius 2 is 1.76 bits per heavy atom. The first-order valence-corrected chi connectivity index (χ1v) is 15.3. The maximum atomic E-state index is 13.8. The molecule has 0 saturated carbocycles. The summed E-state index contributed by atoms with van der Waals surface area (Å²) in [5.41, 5.74) is 3.55. The molecule has 2 aliphatic heterocycles. The van der Waals surface area contributed by atoms with Gasteiger partial charge in [-0.15, -0.1) is 0 Å². The Kier molecular flexibility index (Phi) is 7.42. The van der Waals surface area contributed by atoms with Crippen molar-refractivity contribution in [2.75, 3.05) is 31.1 Å². The lowest BCUT2D eigenvalue weighted by atomic mass is 9.94. The minimum Gasteiger partial charge on any atom is -0.376 e. The van der Waals surface area contributed by atoms with Gasteiger partial charge >= 0.3 is 0 Å². The molecule has 9 heteroatoms. The summed E-state index contributed by atoms with van der Waals surface area (Å²) in [7, 11) is -3.61. The highest BCUT2D eigenvalue weighted by Crippen LogP contribution is 2.35. The molecule has 0 radical (unpaired) electrons. The van der Waals surface area contributed by atoms with Gasteiger partial charge in [0.2, 0.25) is 10.0 Å². The second-order valence-electron chi connectivity index (χ2n) is 10.7. The van der Waals surface area contributed by atoms with Gasteiger partial charge in [0.15, 0.2) is 5.13 Å². The average molecular weight is 542 g/mol. The number of carbonyl (C=O) groups is 1. The van der Waals surface area contributed by atoms with Gasteiger partial charge < -0.3 is 4.74 Å². The zero-order chi connectivity index (χ0) is 26.3. The molecule has 3 atom stereocenters. The fourth-order valence-electron chi connectivity index (χ4n) is 5.48. The molecule has 5 rings (SSSR count). The van der Waals surface area contributed by atoms with Crippen LogP contribution in [0.1, 0.15) is 54.6 Å². The number of carbonyl (C=O) groups excluding carboxylic acids is 1. The lowest BCUT2D eigenvalue weighted by Gasteiger charge is -2.34. The number of rotatable bonds is 6. The molecule has 2 aliphatic rings. The van der Waals surface area contributed by atoms with Crippen LogP contribution in [0.4, 0.5) is 5.13 Å². The van der Waals surface area contributed by atoms with Gasteiger partial charge in [-0.05, 0) is 80.3 Å². The molecule has 0 N–H and O–H groups in total. The van der Waals surface area contributed by atoms with E-state index in [0.717, 1.165) is 40.6 Å². The third-order valence-electron chi connectivity index (χ3n) is 7.39. The van der Waals surface area contributed by atoms with Crippen molar-refractivity contribution in [3.63, 3.8) is 0 Å². The molecule has 1 amide bonds. The molecular weight excluding hydrogens is 506 g/mol. The molecule has 37 heavy (non-hydrogen) atoms. The first-order valence-electron chi connectivity index (χ1n) is 13.0. The van der Waals surface area contributed by atoms with Crippen LogP contribution in [-0.4, -0.2) is 56.0 Å². The Morgan fingerprint density at radius 1 is 1.08 bits per heavy atom. The van der Waals surface area contributed by atoms with E-state index in [0.29, 0.717) is 48.8 Å². The van der Waals surface area contributed by atoms with Gasteiger partial charge in [-0.3, -0.25) is 9.69 Å². The number of thiazole rings is 1. The van der Waals surface area contributed by atoms with Crippen LogP contribution in [-0.2, 0) is 14.8 Å². The lowest BCUT2D eigenvalue weighted by molar-refractivity contribution is 0.0917. The van der Waals surface area contributed by atoms with E-state index in [-0.39, 0.29) is 16.9 Å². The Morgan fingerprint density at radius 3 is 2.38 bits per heavy atom. The van der Waals surface area contributed by atoms with E-state index in [1.807, 2.05) is 6.92 Å². The van der Waals surface area contributed by atoms with Crippen molar-refractivity contribution in [2.45, 2.75) is 58.0 Å². The Hall–Kier alpha value is -2.33. The molecular formula is C28H35N3O4S2. The number of aromatic nitrogens is 1. The number of benzene rings is 2. The van der Waals surface area contributed by atoms with Crippen molar-refractivity contribution < 1.29 is 17.9 Å². The largest absolute Gasteiger partial charge is 0.376 e. The monoisotopic (exact) mass is 541 g/mol. The summed E-state index contributed by atoms with van der Waals surface area (Å²) in [5, 5.41) is 0.640. The van der Waals surface area contributed by atoms with Crippen LogP contribution in [0.5, 0.6) is 0 Å². The van der Waals surface area contributed by atoms with Crippen LogP contribution in [0, 0.1) is 25.7 Å². The topological polar surface area (TPSA) is 79.8 Å². The Labute approximate surface area is 223 Å². The van der Waals surface area contributed by atoms with E-state index < -0.39 is 10.0 Å². The van der Waals surface area contributed by atoms with Crippen LogP contribution in [0.15, 0.2) is 41.3 Å². The maximum Gasteiger partial charge on any atom is 0.260 e. The van der Waals surface area contributed by atoms with Gasteiger partial charge in [0.25, 0.3) is 5.91 Å². The number of hydrogen-bond donors (Lipinski definition) is 0. The Balaban J connectivity index is 1.44. The van der Waals surface area contributed by atoms with Gasteiger partial charge in [-0.25, -0.2) is 13.4 Å². The smallest absolute Gasteiger partial charge is 0.260 e. The molecule has 198 valence electrons. The molecule has 2 saturated heterocycles. The second-order valence-corrected chi connectivity index (χ2v) is 13.6. The molecule has 0 aliphatic carbocycles. The van der Waals surface area contributed by atoms with E-state index in [1.54, 1.807) is 33.5 Å². The maximum absolute atomic E-state index is 13.8. The number of hydrogen-bond acceptors (Lipinski definition) is 6. The van der Waals surface area contributed by atoms with Gasteiger partial charge in [0.1, 0.15) is 0 Å². The molecule has 1 aromatic heterocycles. The van der Waals surface area contributed by atoms with Crippen LogP contribution < -0.4 is 4.90 Å². The number of nitrogens with zero attached hydrogens (tertiary/aromatic N) is 3. The second kappa shape index (κ2) is 10.4. The molecule has 7 nitrogen and oxygen atoms in total. The third kappa shape index (κ3) is 5.32. The summed E-state index contributed by atoms with van der Waals surface area (Å²) in [5.74, 6) is 0.452. The van der Waals surface area contributed by atoms with Gasteiger partial charge in [-0.2, -0.15) is 4.31 Å². The zero-order valence-corrected chi connectivity index (χ0v) is 23.6. The molecule has 3 aromatic rings. The third-order valence-corrected chi connectivity index (χ3v) is 10.5. The first-order chi connectivity index (χ1) is 17.6. The van der Waals surface area contributed by atoms with Crippen molar-refractivity contribution in [1.82, 2.24) is 9.29 Å². The van der Waals surface area contributed by atoms with Crippen molar-refractivity contribution in [2.24, 2.45) is 11.8 Å². The molecule has 0 spiro atoms. The minimum absolute atomic E-state index is 0.0408. The zero-order valence-electron chi connectivity index (χ0n) is 21.9. The summed E-state index contributed by atoms with van der Waals surface area (Å²) < 4.78 is 35.1. The minimum atomic E-state index is -3.61. The number of piperidine rings is 1. The van der Waals surface area contributed by atoms with Crippen LogP contribution in [0.2, 0.25) is 0 Å². The number of ether oxygens (including phenoxy) is 1. The van der Waals surface area contributed by atoms with Gasteiger partial charge in [0, 0.05) is 25.3 Å². The highest BCUT2D eigenvalue weighted by molar-refractivity contribution is 7.89. The van der Waals surface area contributed by atoms with Gasteiger partial charge in [0.05, 0.1) is 27.8 Å². The fourth-order valence-corrected chi connectivity index (χ4v) is 8.28. The predicted octanol–water partition coefficient (Wildman–Crippen LogP) is 5.41. The SMILES string of the molecule is Cc1ccc(C)c2sc(N(CC3CCCO3)C(=O)c3ccc(S(=O)(=O)N4CC(C)CC(C)C4)cc3)nc12. The normalized spacial score (nSPS) is 23.0. The summed E-state index contributed by atoms with van der Waals surface area (Å²) in [6.45, 7) is 10.4. The fraction of sp³-hybridized carbons (Fsp3) is 0.500. The molecule has 2 aromatic carbocycles. The van der Waals surface area contributed by atoms with Crippen molar-refractivity contribution in [1.29, 1.82) is 0 Å². The molecule has 0 bridgehead atoms. The van der Waals surface area contributed by atoms with Gasteiger partial charge in [-0.1, -0.05) is 37.3 Å². The lowest BCUT2D eigenvalue weighted by Crippen LogP contribution is -2.42. The highest BCUT2D eigenvalue weighted by Gasteiger charge is 2.32. The van der Waals surface area contributed by atoms with Crippen LogP contribution in [0.3, 0.4) is 0 Å².